The van der Waals surface area contributed by atoms with Gasteiger partial charge in [-0.2, -0.15) is 0 Å². The van der Waals surface area contributed by atoms with Gasteiger partial charge in [-0.05, 0) is 37.0 Å². The van der Waals surface area contributed by atoms with Crippen molar-refractivity contribution in [1.29, 1.82) is 0 Å². The Balaban J connectivity index is 2.51. The number of hydrogen-bond donors (Lipinski definition) is 1. The maximum absolute atomic E-state index is 10.2. The van der Waals surface area contributed by atoms with Gasteiger partial charge in [0.2, 0.25) is 0 Å². The number of hydrogen-bond acceptors (Lipinski definition) is 3. The molecule has 2 rings (SSSR count). The molecule has 0 spiro atoms. The van der Waals surface area contributed by atoms with Gasteiger partial charge >= 0.3 is 0 Å². The van der Waals surface area contributed by atoms with Crippen LogP contribution >= 0.6 is 0 Å². The standard InChI is InChI=1S/C13H18O3/c1-4-9-7-12(16-3)10(8-11(9)15-2)13(14)5-6-13/h7-8,14H,4-6H2,1-3H3. The minimum atomic E-state index is -0.690. The van der Waals surface area contributed by atoms with Crippen molar-refractivity contribution >= 4 is 0 Å². The highest BCUT2D eigenvalue weighted by molar-refractivity contribution is 5.50. The molecule has 88 valence electrons. The van der Waals surface area contributed by atoms with E-state index in [-0.39, 0.29) is 0 Å². The minimum Gasteiger partial charge on any atom is -0.496 e. The summed E-state index contributed by atoms with van der Waals surface area (Å²) in [6.07, 6.45) is 2.49. The van der Waals surface area contributed by atoms with Gasteiger partial charge in [-0.25, -0.2) is 0 Å². The second kappa shape index (κ2) is 3.98. The Labute approximate surface area is 96.0 Å². The molecule has 1 aromatic carbocycles. The van der Waals surface area contributed by atoms with Crippen LogP contribution in [0.4, 0.5) is 0 Å². The Kier molecular flexibility index (Phi) is 2.80. The lowest BCUT2D eigenvalue weighted by Crippen LogP contribution is -2.08. The van der Waals surface area contributed by atoms with Gasteiger partial charge < -0.3 is 14.6 Å². The average molecular weight is 222 g/mol. The van der Waals surface area contributed by atoms with Crippen LogP contribution < -0.4 is 9.47 Å². The number of aryl methyl sites for hydroxylation is 1. The second-order valence-corrected chi connectivity index (χ2v) is 4.25. The molecule has 0 atom stereocenters. The minimum absolute atomic E-state index is 0.690. The van der Waals surface area contributed by atoms with E-state index in [0.717, 1.165) is 41.9 Å². The fourth-order valence-corrected chi connectivity index (χ4v) is 1.99. The zero-order chi connectivity index (χ0) is 11.8. The number of benzene rings is 1. The number of methoxy groups -OCH3 is 2. The van der Waals surface area contributed by atoms with E-state index in [4.69, 9.17) is 9.47 Å². The van der Waals surface area contributed by atoms with Gasteiger partial charge in [0.05, 0.1) is 19.8 Å². The quantitative estimate of drug-likeness (QED) is 0.849. The van der Waals surface area contributed by atoms with E-state index < -0.39 is 5.60 Å². The first kappa shape index (κ1) is 11.3. The monoisotopic (exact) mass is 222 g/mol. The SMILES string of the molecule is CCc1cc(OC)c(C2(O)CC2)cc1OC. The maximum atomic E-state index is 10.2. The van der Waals surface area contributed by atoms with Crippen molar-refractivity contribution in [2.45, 2.75) is 31.8 Å². The van der Waals surface area contributed by atoms with Crippen LogP contribution in [-0.2, 0) is 12.0 Å². The van der Waals surface area contributed by atoms with Crippen molar-refractivity contribution in [2.24, 2.45) is 0 Å². The first-order valence-corrected chi connectivity index (χ1v) is 5.62. The topological polar surface area (TPSA) is 38.7 Å². The molecule has 0 unspecified atom stereocenters. The lowest BCUT2D eigenvalue weighted by atomic mass is 10.0. The first-order chi connectivity index (χ1) is 7.64. The van der Waals surface area contributed by atoms with E-state index in [2.05, 4.69) is 6.92 Å². The third kappa shape index (κ3) is 1.76. The molecule has 0 amide bonds. The molecule has 1 fully saturated rings. The molecule has 16 heavy (non-hydrogen) atoms. The summed E-state index contributed by atoms with van der Waals surface area (Å²) in [7, 11) is 3.29. The van der Waals surface area contributed by atoms with E-state index in [9.17, 15) is 5.11 Å². The molecule has 0 aliphatic heterocycles. The van der Waals surface area contributed by atoms with Gasteiger partial charge in [-0.15, -0.1) is 0 Å². The van der Waals surface area contributed by atoms with Crippen molar-refractivity contribution in [3.05, 3.63) is 23.3 Å². The summed E-state index contributed by atoms with van der Waals surface area (Å²) >= 11 is 0. The van der Waals surface area contributed by atoms with Crippen LogP contribution in [0.3, 0.4) is 0 Å². The summed E-state index contributed by atoms with van der Waals surface area (Å²) < 4.78 is 10.7. The summed E-state index contributed by atoms with van der Waals surface area (Å²) in [4.78, 5) is 0. The van der Waals surface area contributed by atoms with Gasteiger partial charge in [0, 0.05) is 5.56 Å². The van der Waals surface area contributed by atoms with E-state index in [1.807, 2.05) is 12.1 Å². The Bertz CT molecular complexity index is 394. The molecule has 1 aromatic rings. The normalized spacial score (nSPS) is 17.0. The molecule has 3 nitrogen and oxygen atoms in total. The highest BCUT2D eigenvalue weighted by Gasteiger charge is 2.44. The smallest absolute Gasteiger partial charge is 0.125 e. The summed E-state index contributed by atoms with van der Waals surface area (Å²) in [5.74, 6) is 1.59. The van der Waals surface area contributed by atoms with Gasteiger partial charge in [0.1, 0.15) is 11.5 Å². The van der Waals surface area contributed by atoms with E-state index in [1.54, 1.807) is 14.2 Å². The van der Waals surface area contributed by atoms with Crippen LogP contribution in [0.1, 0.15) is 30.9 Å². The Hall–Kier alpha value is -1.22. The molecule has 1 aliphatic carbocycles. The molecule has 3 heteroatoms. The van der Waals surface area contributed by atoms with E-state index in [0.29, 0.717) is 0 Å². The molecule has 0 radical (unpaired) electrons. The van der Waals surface area contributed by atoms with Crippen LogP contribution in [0.2, 0.25) is 0 Å². The van der Waals surface area contributed by atoms with Crippen LogP contribution in [0.25, 0.3) is 0 Å². The van der Waals surface area contributed by atoms with E-state index in [1.165, 1.54) is 0 Å². The Morgan fingerprint density at radius 2 is 1.81 bits per heavy atom. The van der Waals surface area contributed by atoms with Crippen molar-refractivity contribution in [3.63, 3.8) is 0 Å². The molecular weight excluding hydrogens is 204 g/mol. The second-order valence-electron chi connectivity index (χ2n) is 4.25. The van der Waals surface area contributed by atoms with Crippen molar-refractivity contribution < 1.29 is 14.6 Å². The fraction of sp³-hybridized carbons (Fsp3) is 0.538. The van der Waals surface area contributed by atoms with Gasteiger partial charge in [-0.1, -0.05) is 6.92 Å². The molecule has 1 saturated carbocycles. The number of rotatable bonds is 4. The highest BCUT2D eigenvalue weighted by atomic mass is 16.5. The molecule has 0 bridgehead atoms. The largest absolute Gasteiger partial charge is 0.496 e. The van der Waals surface area contributed by atoms with Gasteiger partial charge in [0.15, 0.2) is 0 Å². The molecular formula is C13H18O3. The van der Waals surface area contributed by atoms with Crippen LogP contribution in [0, 0.1) is 0 Å². The summed E-state index contributed by atoms with van der Waals surface area (Å²) in [6.45, 7) is 2.07. The predicted molar refractivity (Wildman–Crippen MR) is 62.1 cm³/mol. The third-order valence-corrected chi connectivity index (χ3v) is 3.21. The Morgan fingerprint density at radius 3 is 2.25 bits per heavy atom. The third-order valence-electron chi connectivity index (χ3n) is 3.21. The van der Waals surface area contributed by atoms with Crippen LogP contribution in [0.15, 0.2) is 12.1 Å². The summed E-state index contributed by atoms with van der Waals surface area (Å²) in [6, 6.07) is 3.87. The van der Waals surface area contributed by atoms with Gasteiger partial charge in [0.25, 0.3) is 0 Å². The van der Waals surface area contributed by atoms with Crippen LogP contribution in [-0.4, -0.2) is 19.3 Å². The van der Waals surface area contributed by atoms with E-state index >= 15 is 0 Å². The number of aliphatic hydroxyl groups is 1. The lowest BCUT2D eigenvalue weighted by Gasteiger charge is -2.17. The van der Waals surface area contributed by atoms with Crippen molar-refractivity contribution in [3.8, 4) is 11.5 Å². The summed E-state index contributed by atoms with van der Waals surface area (Å²) in [5, 5.41) is 10.2. The number of ether oxygens (including phenoxy) is 2. The predicted octanol–water partition coefficient (Wildman–Crippen LogP) is 2.25. The zero-order valence-electron chi connectivity index (χ0n) is 10.0. The van der Waals surface area contributed by atoms with Gasteiger partial charge in [-0.3, -0.25) is 0 Å². The molecule has 0 saturated heterocycles. The van der Waals surface area contributed by atoms with Crippen molar-refractivity contribution in [2.75, 3.05) is 14.2 Å². The Morgan fingerprint density at radius 1 is 1.19 bits per heavy atom. The fourth-order valence-electron chi connectivity index (χ4n) is 1.99. The first-order valence-electron chi connectivity index (χ1n) is 5.62. The highest BCUT2D eigenvalue weighted by Crippen LogP contribution is 2.50. The average Bonchev–Trinajstić information content (AvgIpc) is 3.06. The molecule has 1 aliphatic rings. The maximum Gasteiger partial charge on any atom is 0.125 e. The van der Waals surface area contributed by atoms with Crippen LogP contribution in [0.5, 0.6) is 11.5 Å². The zero-order valence-corrected chi connectivity index (χ0v) is 10.0. The summed E-state index contributed by atoms with van der Waals surface area (Å²) in [5.41, 5.74) is 1.27. The molecule has 1 N–H and O–H groups in total. The molecule has 0 heterocycles. The molecule has 0 aromatic heterocycles. The van der Waals surface area contributed by atoms with Crippen molar-refractivity contribution in [1.82, 2.24) is 0 Å². The lowest BCUT2D eigenvalue weighted by molar-refractivity contribution is 0.147.